The van der Waals surface area contributed by atoms with Crippen molar-refractivity contribution in [2.45, 2.75) is 39.2 Å². The molecule has 2 unspecified atom stereocenters. The topological polar surface area (TPSA) is 12.5 Å². The fraction of sp³-hybridized carbons (Fsp3) is 1.00. The van der Waals surface area contributed by atoms with Gasteiger partial charge in [-0.3, -0.25) is 0 Å². The minimum absolute atomic E-state index is 0.477. The summed E-state index contributed by atoms with van der Waals surface area (Å²) in [5.74, 6) is 0.725. The van der Waals surface area contributed by atoms with Crippen molar-refractivity contribution in [2.24, 2.45) is 5.92 Å². The standard InChI is InChI=1S/C11H23NO/c1-4-5-6-10(2)11-9-12(3)7-8-13-11/h10-11H,4-9H2,1-3H3. The summed E-state index contributed by atoms with van der Waals surface area (Å²) in [5.41, 5.74) is 0. The van der Waals surface area contributed by atoms with Crippen LogP contribution in [0.4, 0.5) is 0 Å². The number of morpholine rings is 1. The average molecular weight is 185 g/mol. The number of ether oxygens (including phenoxy) is 1. The first kappa shape index (κ1) is 11.0. The Bertz CT molecular complexity index is 138. The van der Waals surface area contributed by atoms with Crippen LogP contribution in [0.3, 0.4) is 0 Å². The Kier molecular flexibility index (Phi) is 4.74. The highest BCUT2D eigenvalue weighted by molar-refractivity contribution is 4.73. The molecule has 0 radical (unpaired) electrons. The van der Waals surface area contributed by atoms with Gasteiger partial charge in [0.25, 0.3) is 0 Å². The van der Waals surface area contributed by atoms with Crippen LogP contribution in [-0.2, 0) is 4.74 Å². The first-order valence-corrected chi connectivity index (χ1v) is 5.54. The van der Waals surface area contributed by atoms with E-state index < -0.39 is 0 Å². The second-order valence-electron chi connectivity index (χ2n) is 4.29. The molecule has 1 saturated heterocycles. The van der Waals surface area contributed by atoms with Crippen molar-refractivity contribution in [1.82, 2.24) is 4.90 Å². The third-order valence-electron chi connectivity index (χ3n) is 2.94. The van der Waals surface area contributed by atoms with Crippen molar-refractivity contribution < 1.29 is 4.74 Å². The molecule has 0 aromatic carbocycles. The van der Waals surface area contributed by atoms with E-state index in [0.29, 0.717) is 6.10 Å². The molecule has 13 heavy (non-hydrogen) atoms. The van der Waals surface area contributed by atoms with Crippen molar-refractivity contribution >= 4 is 0 Å². The zero-order chi connectivity index (χ0) is 9.68. The lowest BCUT2D eigenvalue weighted by Crippen LogP contribution is -2.43. The van der Waals surface area contributed by atoms with Crippen LogP contribution in [0, 0.1) is 5.92 Å². The summed E-state index contributed by atoms with van der Waals surface area (Å²) in [6.07, 6.45) is 4.43. The summed E-state index contributed by atoms with van der Waals surface area (Å²) >= 11 is 0. The normalized spacial score (nSPS) is 27.5. The second-order valence-corrected chi connectivity index (χ2v) is 4.29. The summed E-state index contributed by atoms with van der Waals surface area (Å²) in [4.78, 5) is 2.37. The van der Waals surface area contributed by atoms with Gasteiger partial charge in [0.2, 0.25) is 0 Å². The Morgan fingerprint density at radius 2 is 2.31 bits per heavy atom. The molecule has 1 rings (SSSR count). The van der Waals surface area contributed by atoms with Crippen molar-refractivity contribution in [1.29, 1.82) is 0 Å². The average Bonchev–Trinajstić information content (AvgIpc) is 2.14. The fourth-order valence-corrected chi connectivity index (χ4v) is 1.87. The molecule has 2 heteroatoms. The first-order valence-electron chi connectivity index (χ1n) is 5.54. The Morgan fingerprint density at radius 3 is 2.92 bits per heavy atom. The molecule has 0 aromatic rings. The number of hydrogen-bond donors (Lipinski definition) is 0. The molecule has 0 saturated carbocycles. The van der Waals surface area contributed by atoms with E-state index in [2.05, 4.69) is 25.8 Å². The molecule has 1 aliphatic rings. The van der Waals surface area contributed by atoms with E-state index in [9.17, 15) is 0 Å². The number of hydrogen-bond acceptors (Lipinski definition) is 2. The molecular formula is C11H23NO. The van der Waals surface area contributed by atoms with Crippen LogP contribution in [-0.4, -0.2) is 37.7 Å². The van der Waals surface area contributed by atoms with Gasteiger partial charge in [0.05, 0.1) is 12.7 Å². The number of nitrogens with zero attached hydrogens (tertiary/aromatic N) is 1. The lowest BCUT2D eigenvalue weighted by Gasteiger charge is -2.33. The number of likely N-dealkylation sites (N-methyl/N-ethyl adjacent to an activating group) is 1. The maximum Gasteiger partial charge on any atom is 0.0727 e. The minimum atomic E-state index is 0.477. The molecule has 2 atom stereocenters. The van der Waals surface area contributed by atoms with E-state index in [1.807, 2.05) is 0 Å². The number of unbranched alkanes of at least 4 members (excludes halogenated alkanes) is 1. The van der Waals surface area contributed by atoms with Gasteiger partial charge >= 0.3 is 0 Å². The summed E-state index contributed by atoms with van der Waals surface area (Å²) in [5, 5.41) is 0. The van der Waals surface area contributed by atoms with Gasteiger partial charge in [0.1, 0.15) is 0 Å². The SMILES string of the molecule is CCCCC(C)C1CN(C)CCO1. The van der Waals surface area contributed by atoms with E-state index in [1.54, 1.807) is 0 Å². The molecule has 0 spiro atoms. The van der Waals surface area contributed by atoms with E-state index in [1.165, 1.54) is 19.3 Å². The molecule has 78 valence electrons. The van der Waals surface area contributed by atoms with Crippen LogP contribution in [0.5, 0.6) is 0 Å². The van der Waals surface area contributed by atoms with Gasteiger partial charge in [0, 0.05) is 13.1 Å². The fourth-order valence-electron chi connectivity index (χ4n) is 1.87. The quantitative estimate of drug-likeness (QED) is 0.665. The summed E-state index contributed by atoms with van der Waals surface area (Å²) in [6, 6.07) is 0. The van der Waals surface area contributed by atoms with Crippen molar-refractivity contribution in [3.05, 3.63) is 0 Å². The predicted molar refractivity (Wildman–Crippen MR) is 55.9 cm³/mol. The molecule has 1 heterocycles. The van der Waals surface area contributed by atoms with Gasteiger partial charge in [-0.2, -0.15) is 0 Å². The minimum Gasteiger partial charge on any atom is -0.375 e. The first-order chi connectivity index (χ1) is 6.24. The molecule has 2 nitrogen and oxygen atoms in total. The van der Waals surface area contributed by atoms with Crippen LogP contribution < -0.4 is 0 Å². The molecule has 0 amide bonds. The molecule has 1 aliphatic heterocycles. The van der Waals surface area contributed by atoms with Crippen LogP contribution in [0.2, 0.25) is 0 Å². The Labute approximate surface area is 82.3 Å². The Morgan fingerprint density at radius 1 is 1.54 bits per heavy atom. The van der Waals surface area contributed by atoms with Gasteiger partial charge < -0.3 is 9.64 Å². The maximum absolute atomic E-state index is 5.77. The molecule has 0 aliphatic carbocycles. The maximum atomic E-state index is 5.77. The molecule has 0 N–H and O–H groups in total. The second kappa shape index (κ2) is 5.61. The Hall–Kier alpha value is -0.0800. The zero-order valence-electron chi connectivity index (χ0n) is 9.25. The van der Waals surface area contributed by atoms with Gasteiger partial charge in [-0.05, 0) is 19.4 Å². The van der Waals surface area contributed by atoms with Crippen LogP contribution in [0.25, 0.3) is 0 Å². The smallest absolute Gasteiger partial charge is 0.0727 e. The van der Waals surface area contributed by atoms with Gasteiger partial charge in [-0.15, -0.1) is 0 Å². The predicted octanol–water partition coefficient (Wildman–Crippen LogP) is 2.14. The van der Waals surface area contributed by atoms with Crippen LogP contribution in [0.15, 0.2) is 0 Å². The third-order valence-corrected chi connectivity index (χ3v) is 2.94. The third kappa shape index (κ3) is 3.65. The van der Waals surface area contributed by atoms with Crippen LogP contribution >= 0.6 is 0 Å². The van der Waals surface area contributed by atoms with E-state index in [0.717, 1.165) is 25.6 Å². The van der Waals surface area contributed by atoms with E-state index in [4.69, 9.17) is 4.74 Å². The summed E-state index contributed by atoms with van der Waals surface area (Å²) in [6.45, 7) is 7.69. The highest BCUT2D eigenvalue weighted by Crippen LogP contribution is 2.18. The zero-order valence-corrected chi connectivity index (χ0v) is 9.25. The largest absolute Gasteiger partial charge is 0.375 e. The Balaban J connectivity index is 2.24. The highest BCUT2D eigenvalue weighted by Gasteiger charge is 2.22. The monoisotopic (exact) mass is 185 g/mol. The summed E-state index contributed by atoms with van der Waals surface area (Å²) in [7, 11) is 2.18. The lowest BCUT2D eigenvalue weighted by molar-refractivity contribution is -0.0482. The molecule has 1 fully saturated rings. The molecule has 0 aromatic heterocycles. The van der Waals surface area contributed by atoms with Crippen LogP contribution in [0.1, 0.15) is 33.1 Å². The molecule has 0 bridgehead atoms. The highest BCUT2D eigenvalue weighted by atomic mass is 16.5. The van der Waals surface area contributed by atoms with Crippen molar-refractivity contribution in [3.8, 4) is 0 Å². The van der Waals surface area contributed by atoms with E-state index >= 15 is 0 Å². The van der Waals surface area contributed by atoms with Crippen molar-refractivity contribution in [3.63, 3.8) is 0 Å². The van der Waals surface area contributed by atoms with E-state index in [-0.39, 0.29) is 0 Å². The van der Waals surface area contributed by atoms with Crippen molar-refractivity contribution in [2.75, 3.05) is 26.7 Å². The van der Waals surface area contributed by atoms with Gasteiger partial charge in [-0.25, -0.2) is 0 Å². The molecular weight excluding hydrogens is 162 g/mol. The van der Waals surface area contributed by atoms with Gasteiger partial charge in [-0.1, -0.05) is 26.7 Å². The van der Waals surface area contributed by atoms with Gasteiger partial charge in [0.15, 0.2) is 0 Å². The number of rotatable bonds is 4. The summed E-state index contributed by atoms with van der Waals surface area (Å²) < 4.78 is 5.77. The lowest BCUT2D eigenvalue weighted by atomic mass is 9.97.